The first-order valence-corrected chi connectivity index (χ1v) is 9.30. The van der Waals surface area contributed by atoms with E-state index in [4.69, 9.17) is 5.73 Å². The van der Waals surface area contributed by atoms with Crippen LogP contribution in [0.4, 0.5) is 5.69 Å². The molecule has 0 unspecified atom stereocenters. The number of nitrogens with one attached hydrogen (secondary N) is 2. The van der Waals surface area contributed by atoms with Crippen molar-refractivity contribution in [2.75, 3.05) is 5.32 Å². The van der Waals surface area contributed by atoms with Gasteiger partial charge in [0, 0.05) is 11.3 Å². The number of nitrogens with zero attached hydrogens (tertiary/aromatic N) is 2. The predicted octanol–water partition coefficient (Wildman–Crippen LogP) is 3.80. The quantitative estimate of drug-likeness (QED) is 0.610. The highest BCUT2D eigenvalue weighted by atomic mass is 35.5. The Morgan fingerprint density at radius 1 is 1.07 bits per heavy atom. The van der Waals surface area contributed by atoms with Gasteiger partial charge in [0.05, 0.1) is 12.0 Å². The van der Waals surface area contributed by atoms with Gasteiger partial charge in [-0.3, -0.25) is 9.89 Å². The van der Waals surface area contributed by atoms with Crippen molar-refractivity contribution >= 4 is 24.0 Å². The van der Waals surface area contributed by atoms with Gasteiger partial charge in [0.2, 0.25) is 5.91 Å². The summed E-state index contributed by atoms with van der Waals surface area (Å²) < 4.78 is 0. The number of benzene rings is 2. The normalized spacial score (nSPS) is 15.0. The van der Waals surface area contributed by atoms with Crippen molar-refractivity contribution in [1.82, 2.24) is 15.2 Å². The van der Waals surface area contributed by atoms with E-state index in [1.54, 1.807) is 0 Å². The van der Waals surface area contributed by atoms with E-state index in [0.717, 1.165) is 42.5 Å². The molecular formula is C21H24ClN5O. The molecular weight excluding hydrogens is 374 g/mol. The molecule has 1 aromatic heterocycles. The Bertz CT molecular complexity index is 917. The molecule has 4 N–H and O–H groups in total. The van der Waals surface area contributed by atoms with E-state index in [9.17, 15) is 4.79 Å². The minimum atomic E-state index is -0.431. The van der Waals surface area contributed by atoms with Crippen LogP contribution >= 0.6 is 12.4 Å². The van der Waals surface area contributed by atoms with Gasteiger partial charge < -0.3 is 11.1 Å². The van der Waals surface area contributed by atoms with E-state index in [2.05, 4.69) is 32.6 Å². The lowest BCUT2D eigenvalue weighted by Gasteiger charge is -2.28. The first-order chi connectivity index (χ1) is 13.2. The fraction of sp³-hybridized carbons (Fsp3) is 0.286. The van der Waals surface area contributed by atoms with Crippen LogP contribution in [0.5, 0.6) is 0 Å². The summed E-state index contributed by atoms with van der Waals surface area (Å²) in [5, 5.41) is 10.1. The van der Waals surface area contributed by atoms with E-state index >= 15 is 0 Å². The number of aromatic nitrogens is 3. The fourth-order valence-electron chi connectivity index (χ4n) is 3.85. The number of hydrogen-bond donors (Lipinski definition) is 3. The summed E-state index contributed by atoms with van der Waals surface area (Å²) in [6.07, 6.45) is 3.94. The minimum Gasteiger partial charge on any atom is -0.325 e. The van der Waals surface area contributed by atoms with Crippen LogP contribution in [-0.4, -0.2) is 21.1 Å². The number of carbonyl (C=O) groups is 1. The maximum absolute atomic E-state index is 13.2. The van der Waals surface area contributed by atoms with Crippen molar-refractivity contribution in [3.8, 4) is 11.4 Å². The minimum absolute atomic E-state index is 0. The smallest absolute Gasteiger partial charge is 0.235 e. The highest BCUT2D eigenvalue weighted by Gasteiger charge is 2.42. The molecule has 1 saturated carbocycles. The molecule has 1 aliphatic carbocycles. The van der Waals surface area contributed by atoms with Gasteiger partial charge in [-0.2, -0.15) is 5.10 Å². The van der Waals surface area contributed by atoms with E-state index in [1.807, 2.05) is 42.5 Å². The average Bonchev–Trinajstić information content (AvgIpc) is 3.40. The Balaban J connectivity index is 0.00000225. The largest absolute Gasteiger partial charge is 0.325 e. The number of hydrogen-bond acceptors (Lipinski definition) is 4. The van der Waals surface area contributed by atoms with Crippen LogP contribution in [0.25, 0.3) is 11.4 Å². The number of halogens is 1. The summed E-state index contributed by atoms with van der Waals surface area (Å²) in [5.74, 6) is 1.32. The highest BCUT2D eigenvalue weighted by molar-refractivity contribution is 5.99. The number of aromatic amines is 1. The maximum Gasteiger partial charge on any atom is 0.235 e. The molecule has 1 heterocycles. The lowest BCUT2D eigenvalue weighted by Crippen LogP contribution is -2.37. The lowest BCUT2D eigenvalue weighted by molar-refractivity contribution is -0.121. The Labute approximate surface area is 170 Å². The Hall–Kier alpha value is -2.70. The number of amides is 1. The molecule has 6 nitrogen and oxygen atoms in total. The van der Waals surface area contributed by atoms with Crippen LogP contribution in [-0.2, 0) is 16.8 Å². The highest BCUT2D eigenvalue weighted by Crippen LogP contribution is 2.42. The standard InChI is InChI=1S/C21H23N5O.ClH/c22-14-18-24-19(26-25-18)15-8-10-17(11-9-15)23-20(27)21(12-4-5-13-21)16-6-2-1-3-7-16;/h1-3,6-11H,4-5,12-14,22H2,(H,23,27)(H,24,25,26);1H. The fourth-order valence-corrected chi connectivity index (χ4v) is 3.85. The topological polar surface area (TPSA) is 96.7 Å². The predicted molar refractivity (Wildman–Crippen MR) is 112 cm³/mol. The summed E-state index contributed by atoms with van der Waals surface area (Å²) in [6, 6.07) is 17.7. The van der Waals surface area contributed by atoms with Gasteiger partial charge in [-0.1, -0.05) is 43.2 Å². The summed E-state index contributed by atoms with van der Waals surface area (Å²) >= 11 is 0. The van der Waals surface area contributed by atoms with Gasteiger partial charge >= 0.3 is 0 Å². The second-order valence-electron chi connectivity index (χ2n) is 7.00. The van der Waals surface area contributed by atoms with E-state index in [-0.39, 0.29) is 18.3 Å². The number of nitrogens with two attached hydrogens (primary N) is 1. The van der Waals surface area contributed by atoms with Crippen molar-refractivity contribution in [3.63, 3.8) is 0 Å². The Morgan fingerprint density at radius 2 is 1.75 bits per heavy atom. The molecule has 2 aromatic carbocycles. The molecule has 1 amide bonds. The van der Waals surface area contributed by atoms with Crippen molar-refractivity contribution in [3.05, 3.63) is 66.0 Å². The van der Waals surface area contributed by atoms with Gasteiger partial charge in [0.1, 0.15) is 5.82 Å². The van der Waals surface area contributed by atoms with Gasteiger partial charge in [-0.15, -0.1) is 12.4 Å². The zero-order chi connectivity index (χ0) is 18.7. The zero-order valence-electron chi connectivity index (χ0n) is 15.5. The molecule has 1 fully saturated rings. The molecule has 0 atom stereocenters. The number of rotatable bonds is 5. The number of anilines is 1. The van der Waals surface area contributed by atoms with Crippen molar-refractivity contribution in [2.24, 2.45) is 5.73 Å². The van der Waals surface area contributed by atoms with E-state index in [1.165, 1.54) is 0 Å². The van der Waals surface area contributed by atoms with Gasteiger partial charge in [0.15, 0.2) is 5.82 Å². The molecule has 0 saturated heterocycles. The Kier molecular flexibility index (Phi) is 6.11. The number of H-pyrrole nitrogens is 1. The van der Waals surface area contributed by atoms with Crippen LogP contribution in [0, 0.1) is 0 Å². The van der Waals surface area contributed by atoms with Gasteiger partial charge in [-0.05, 0) is 42.7 Å². The first kappa shape index (κ1) is 20.0. The molecule has 7 heteroatoms. The second kappa shape index (κ2) is 8.54. The SMILES string of the molecule is Cl.NCc1nc(-c2ccc(NC(=O)C3(c4ccccc4)CCCC3)cc2)n[nH]1. The van der Waals surface area contributed by atoms with E-state index in [0.29, 0.717) is 18.2 Å². The van der Waals surface area contributed by atoms with Gasteiger partial charge in [0.25, 0.3) is 0 Å². The van der Waals surface area contributed by atoms with Crippen LogP contribution in [0.2, 0.25) is 0 Å². The summed E-state index contributed by atoms with van der Waals surface area (Å²) in [7, 11) is 0. The number of carbonyl (C=O) groups excluding carboxylic acids is 1. The second-order valence-corrected chi connectivity index (χ2v) is 7.00. The lowest BCUT2D eigenvalue weighted by atomic mass is 9.78. The molecule has 1 aliphatic rings. The first-order valence-electron chi connectivity index (χ1n) is 9.30. The summed E-state index contributed by atoms with van der Waals surface area (Å²) in [6.45, 7) is 0.322. The van der Waals surface area contributed by atoms with Crippen LogP contribution in [0.15, 0.2) is 54.6 Å². The van der Waals surface area contributed by atoms with E-state index < -0.39 is 5.41 Å². The molecule has 4 rings (SSSR count). The molecule has 146 valence electrons. The third-order valence-electron chi connectivity index (χ3n) is 5.34. The molecule has 28 heavy (non-hydrogen) atoms. The zero-order valence-corrected chi connectivity index (χ0v) is 16.3. The monoisotopic (exact) mass is 397 g/mol. The van der Waals surface area contributed by atoms with Crippen LogP contribution in [0.3, 0.4) is 0 Å². The maximum atomic E-state index is 13.2. The summed E-state index contributed by atoms with van der Waals surface area (Å²) in [4.78, 5) is 17.5. The molecule has 0 aliphatic heterocycles. The third-order valence-corrected chi connectivity index (χ3v) is 5.34. The molecule has 0 bridgehead atoms. The Morgan fingerprint density at radius 3 is 2.36 bits per heavy atom. The molecule has 0 spiro atoms. The van der Waals surface area contributed by atoms with Crippen molar-refractivity contribution < 1.29 is 4.79 Å². The van der Waals surface area contributed by atoms with Crippen LogP contribution in [0.1, 0.15) is 37.1 Å². The van der Waals surface area contributed by atoms with Crippen molar-refractivity contribution in [1.29, 1.82) is 0 Å². The summed E-state index contributed by atoms with van der Waals surface area (Å²) in [5.41, 5.74) is 7.89. The molecule has 0 radical (unpaired) electrons. The van der Waals surface area contributed by atoms with Crippen molar-refractivity contribution in [2.45, 2.75) is 37.6 Å². The average molecular weight is 398 g/mol. The third kappa shape index (κ3) is 3.79. The molecule has 3 aromatic rings. The van der Waals surface area contributed by atoms with Crippen LogP contribution < -0.4 is 11.1 Å². The van der Waals surface area contributed by atoms with Gasteiger partial charge in [-0.25, -0.2) is 4.98 Å².